The SMILES string of the molecule is CC1CC1C(O)c1ccc(Cl)c2ccccc12. The topological polar surface area (TPSA) is 20.2 Å². The van der Waals surface area contributed by atoms with Gasteiger partial charge in [0.15, 0.2) is 0 Å². The third-order valence-electron chi connectivity index (χ3n) is 3.80. The van der Waals surface area contributed by atoms with Gasteiger partial charge in [-0.05, 0) is 35.3 Å². The average Bonchev–Trinajstić information content (AvgIpc) is 3.07. The molecular formula is C15H15ClO. The van der Waals surface area contributed by atoms with Crippen molar-refractivity contribution in [2.24, 2.45) is 11.8 Å². The van der Waals surface area contributed by atoms with E-state index in [1.807, 2.05) is 36.4 Å². The fourth-order valence-electron chi connectivity index (χ4n) is 2.56. The zero-order valence-electron chi connectivity index (χ0n) is 9.73. The molecule has 1 aliphatic carbocycles. The summed E-state index contributed by atoms with van der Waals surface area (Å²) in [4.78, 5) is 0. The van der Waals surface area contributed by atoms with E-state index in [1.165, 1.54) is 0 Å². The molecular weight excluding hydrogens is 232 g/mol. The van der Waals surface area contributed by atoms with Crippen LogP contribution < -0.4 is 0 Å². The number of benzene rings is 2. The second-order valence-corrected chi connectivity index (χ2v) is 5.41. The lowest BCUT2D eigenvalue weighted by Crippen LogP contribution is -2.01. The zero-order valence-corrected chi connectivity index (χ0v) is 10.5. The molecule has 0 aromatic heterocycles. The number of hydrogen-bond donors (Lipinski definition) is 1. The minimum absolute atomic E-state index is 0.354. The molecule has 0 radical (unpaired) electrons. The monoisotopic (exact) mass is 246 g/mol. The molecule has 2 heteroatoms. The van der Waals surface area contributed by atoms with Crippen molar-refractivity contribution in [1.82, 2.24) is 0 Å². The van der Waals surface area contributed by atoms with E-state index < -0.39 is 0 Å². The minimum atomic E-state index is -0.354. The molecule has 17 heavy (non-hydrogen) atoms. The van der Waals surface area contributed by atoms with Crippen LogP contribution in [0.15, 0.2) is 36.4 Å². The predicted octanol–water partition coefficient (Wildman–Crippen LogP) is 4.18. The van der Waals surface area contributed by atoms with Gasteiger partial charge in [0.1, 0.15) is 0 Å². The maximum atomic E-state index is 10.4. The van der Waals surface area contributed by atoms with Gasteiger partial charge < -0.3 is 5.11 Å². The van der Waals surface area contributed by atoms with Gasteiger partial charge in [-0.15, -0.1) is 0 Å². The summed E-state index contributed by atoms with van der Waals surface area (Å²) in [6, 6.07) is 11.8. The summed E-state index contributed by atoms with van der Waals surface area (Å²) in [5.41, 5.74) is 1.01. The zero-order chi connectivity index (χ0) is 12.0. The minimum Gasteiger partial charge on any atom is -0.388 e. The van der Waals surface area contributed by atoms with Gasteiger partial charge in [-0.25, -0.2) is 0 Å². The normalized spacial score (nSPS) is 24.9. The molecule has 1 saturated carbocycles. The second kappa shape index (κ2) is 4.01. The highest BCUT2D eigenvalue weighted by atomic mass is 35.5. The first-order valence-electron chi connectivity index (χ1n) is 6.03. The van der Waals surface area contributed by atoms with Gasteiger partial charge in [0.2, 0.25) is 0 Å². The smallest absolute Gasteiger partial charge is 0.0826 e. The molecule has 1 N–H and O–H groups in total. The molecule has 88 valence electrons. The largest absolute Gasteiger partial charge is 0.388 e. The third kappa shape index (κ3) is 1.84. The van der Waals surface area contributed by atoms with Gasteiger partial charge >= 0.3 is 0 Å². The highest BCUT2D eigenvalue weighted by molar-refractivity contribution is 6.35. The molecule has 0 amide bonds. The molecule has 2 aromatic rings. The molecule has 3 rings (SSSR count). The number of aliphatic hydroxyl groups is 1. The Morgan fingerprint density at radius 1 is 1.18 bits per heavy atom. The lowest BCUT2D eigenvalue weighted by molar-refractivity contribution is 0.149. The Morgan fingerprint density at radius 2 is 1.82 bits per heavy atom. The van der Waals surface area contributed by atoms with Crippen molar-refractivity contribution in [2.45, 2.75) is 19.4 Å². The van der Waals surface area contributed by atoms with Crippen LogP contribution in [-0.4, -0.2) is 5.11 Å². The quantitative estimate of drug-likeness (QED) is 0.843. The Kier molecular flexibility index (Phi) is 2.61. The molecule has 0 bridgehead atoms. The lowest BCUT2D eigenvalue weighted by atomic mass is 9.97. The van der Waals surface area contributed by atoms with Crippen LogP contribution in [0.3, 0.4) is 0 Å². The van der Waals surface area contributed by atoms with Crippen LogP contribution in [0, 0.1) is 11.8 Å². The lowest BCUT2D eigenvalue weighted by Gasteiger charge is -2.14. The predicted molar refractivity (Wildman–Crippen MR) is 71.2 cm³/mol. The molecule has 0 saturated heterocycles. The summed E-state index contributed by atoms with van der Waals surface area (Å²) in [6.07, 6.45) is 0.769. The van der Waals surface area contributed by atoms with Gasteiger partial charge in [0, 0.05) is 10.4 Å². The number of aliphatic hydroxyl groups excluding tert-OH is 1. The van der Waals surface area contributed by atoms with Gasteiger partial charge in [0.25, 0.3) is 0 Å². The van der Waals surface area contributed by atoms with Gasteiger partial charge in [-0.2, -0.15) is 0 Å². The van der Waals surface area contributed by atoms with Crippen LogP contribution in [-0.2, 0) is 0 Å². The number of halogens is 1. The van der Waals surface area contributed by atoms with E-state index in [4.69, 9.17) is 11.6 Å². The van der Waals surface area contributed by atoms with Crippen molar-refractivity contribution < 1.29 is 5.11 Å². The number of fused-ring (bicyclic) bond motifs is 1. The number of rotatable bonds is 2. The van der Waals surface area contributed by atoms with Crippen molar-refractivity contribution in [3.63, 3.8) is 0 Å². The molecule has 0 heterocycles. The van der Waals surface area contributed by atoms with Gasteiger partial charge in [-0.1, -0.05) is 48.9 Å². The maximum Gasteiger partial charge on any atom is 0.0826 e. The van der Waals surface area contributed by atoms with Crippen LogP contribution in [0.5, 0.6) is 0 Å². The Balaban J connectivity index is 2.13. The Labute approximate surface area is 106 Å². The summed E-state index contributed by atoms with van der Waals surface area (Å²) in [5, 5.41) is 13.2. The Morgan fingerprint density at radius 3 is 2.47 bits per heavy atom. The van der Waals surface area contributed by atoms with Crippen LogP contribution in [0.2, 0.25) is 5.02 Å². The van der Waals surface area contributed by atoms with E-state index >= 15 is 0 Å². The van der Waals surface area contributed by atoms with Crippen molar-refractivity contribution in [3.8, 4) is 0 Å². The summed E-state index contributed by atoms with van der Waals surface area (Å²) in [6.45, 7) is 2.19. The molecule has 1 nitrogen and oxygen atoms in total. The van der Waals surface area contributed by atoms with E-state index in [2.05, 4.69) is 6.92 Å². The molecule has 1 aliphatic rings. The molecule has 3 atom stereocenters. The first-order valence-corrected chi connectivity index (χ1v) is 6.41. The van der Waals surface area contributed by atoms with Crippen molar-refractivity contribution >= 4 is 22.4 Å². The van der Waals surface area contributed by atoms with Crippen LogP contribution >= 0.6 is 11.6 Å². The first-order chi connectivity index (χ1) is 8.18. The standard InChI is InChI=1S/C15H15ClO/c1-9-8-13(9)15(17)12-6-7-14(16)11-5-3-2-4-10(11)12/h2-7,9,13,15,17H,8H2,1H3. The van der Waals surface area contributed by atoms with Crippen LogP contribution in [0.25, 0.3) is 10.8 Å². The maximum absolute atomic E-state index is 10.4. The third-order valence-corrected chi connectivity index (χ3v) is 4.13. The Bertz CT molecular complexity index is 564. The van der Waals surface area contributed by atoms with Crippen LogP contribution in [0.4, 0.5) is 0 Å². The second-order valence-electron chi connectivity index (χ2n) is 5.00. The fourth-order valence-corrected chi connectivity index (χ4v) is 2.79. The highest BCUT2D eigenvalue weighted by Crippen LogP contribution is 2.48. The van der Waals surface area contributed by atoms with E-state index in [0.29, 0.717) is 11.8 Å². The first kappa shape index (κ1) is 11.1. The summed E-state index contributed by atoms with van der Waals surface area (Å²) in [5.74, 6) is 1.05. The number of hydrogen-bond acceptors (Lipinski definition) is 1. The summed E-state index contributed by atoms with van der Waals surface area (Å²) in [7, 11) is 0. The van der Waals surface area contributed by atoms with Gasteiger partial charge in [0.05, 0.1) is 6.10 Å². The fraction of sp³-hybridized carbons (Fsp3) is 0.333. The molecule has 0 spiro atoms. The Hall–Kier alpha value is -1.05. The average molecular weight is 247 g/mol. The molecule has 1 fully saturated rings. The highest BCUT2D eigenvalue weighted by Gasteiger charge is 2.39. The van der Waals surface area contributed by atoms with E-state index in [1.54, 1.807) is 0 Å². The summed E-state index contributed by atoms with van der Waals surface area (Å²) < 4.78 is 0. The van der Waals surface area contributed by atoms with Crippen molar-refractivity contribution in [2.75, 3.05) is 0 Å². The van der Waals surface area contributed by atoms with Crippen molar-refractivity contribution in [3.05, 3.63) is 47.0 Å². The van der Waals surface area contributed by atoms with E-state index in [9.17, 15) is 5.11 Å². The van der Waals surface area contributed by atoms with Crippen LogP contribution in [0.1, 0.15) is 25.0 Å². The van der Waals surface area contributed by atoms with Gasteiger partial charge in [-0.3, -0.25) is 0 Å². The molecule has 0 aliphatic heterocycles. The molecule has 3 unspecified atom stereocenters. The summed E-state index contributed by atoms with van der Waals surface area (Å²) >= 11 is 6.18. The van der Waals surface area contributed by atoms with Crippen molar-refractivity contribution in [1.29, 1.82) is 0 Å². The molecule has 2 aromatic carbocycles. The van der Waals surface area contributed by atoms with E-state index in [-0.39, 0.29) is 6.10 Å². The van der Waals surface area contributed by atoms with E-state index in [0.717, 1.165) is 27.8 Å².